The molecule has 1 unspecified atom stereocenters. The number of benzene rings is 1. The van der Waals surface area contributed by atoms with Crippen LogP contribution in [0.1, 0.15) is 36.2 Å². The highest BCUT2D eigenvalue weighted by Gasteiger charge is 2.41. The average Bonchev–Trinajstić information content (AvgIpc) is 2.28. The normalized spacial score (nSPS) is 14.3. The van der Waals surface area contributed by atoms with Gasteiger partial charge in [-0.25, -0.2) is 0 Å². The molecular formula is C11H14NO2S+. The van der Waals surface area contributed by atoms with E-state index in [0.717, 1.165) is 5.56 Å². The van der Waals surface area contributed by atoms with Crippen LogP contribution in [-0.2, 0) is 20.6 Å². The molecule has 0 saturated heterocycles. The number of primary amides is 1. The van der Waals surface area contributed by atoms with Crippen LogP contribution in [0.5, 0.6) is 0 Å². The molecule has 0 fully saturated rings. The van der Waals surface area contributed by atoms with Gasteiger partial charge in [0, 0.05) is 28.7 Å². The van der Waals surface area contributed by atoms with Crippen LogP contribution in [-0.4, -0.2) is 5.91 Å². The van der Waals surface area contributed by atoms with Crippen LogP contribution in [0, 0.1) is 0 Å². The fourth-order valence-electron chi connectivity index (χ4n) is 1.45. The summed E-state index contributed by atoms with van der Waals surface area (Å²) in [7, 11) is 0. The molecule has 15 heavy (non-hydrogen) atoms. The standard InChI is InChI=1S/C11H13NO2S/c1-3-11(2,15-14)9-7-5-4-6-8(9)10(12)13/h4-7H,3H2,1-2H3,(H-,12,13)/p+1. The zero-order valence-electron chi connectivity index (χ0n) is 8.82. The molecule has 80 valence electrons. The molecule has 0 bridgehead atoms. The Morgan fingerprint density at radius 3 is 2.53 bits per heavy atom. The SMILES string of the molecule is CCC(C)([S+]=O)c1ccccc1C(N)=O. The van der Waals surface area contributed by atoms with Gasteiger partial charge in [0.25, 0.3) is 4.75 Å². The molecule has 3 nitrogen and oxygen atoms in total. The van der Waals surface area contributed by atoms with Crippen molar-refractivity contribution in [3.8, 4) is 0 Å². The van der Waals surface area contributed by atoms with E-state index in [-0.39, 0.29) is 0 Å². The molecule has 0 spiro atoms. The van der Waals surface area contributed by atoms with Crippen molar-refractivity contribution >= 4 is 17.6 Å². The molecular weight excluding hydrogens is 210 g/mol. The second-order valence-electron chi connectivity index (χ2n) is 3.58. The maximum Gasteiger partial charge on any atom is 0.470 e. The highest BCUT2D eigenvalue weighted by atomic mass is 32.1. The maximum atomic E-state index is 11.2. The molecule has 0 heterocycles. The van der Waals surface area contributed by atoms with Crippen LogP contribution in [0.4, 0.5) is 0 Å². The van der Waals surface area contributed by atoms with Crippen LogP contribution in [0.15, 0.2) is 24.3 Å². The van der Waals surface area contributed by atoms with Gasteiger partial charge in [-0.1, -0.05) is 25.1 Å². The van der Waals surface area contributed by atoms with Gasteiger partial charge >= 0.3 is 11.7 Å². The number of rotatable bonds is 4. The Morgan fingerprint density at radius 2 is 2.07 bits per heavy atom. The minimum Gasteiger partial charge on any atom is -0.366 e. The Hall–Kier alpha value is -1.29. The Bertz CT molecular complexity index is 392. The monoisotopic (exact) mass is 224 g/mol. The lowest BCUT2D eigenvalue weighted by atomic mass is 9.92. The topological polar surface area (TPSA) is 60.2 Å². The largest absolute Gasteiger partial charge is 0.470 e. The fraction of sp³-hybridized carbons (Fsp3) is 0.364. The Morgan fingerprint density at radius 1 is 1.47 bits per heavy atom. The van der Waals surface area contributed by atoms with Crippen LogP contribution in [0.3, 0.4) is 0 Å². The van der Waals surface area contributed by atoms with E-state index in [1.807, 2.05) is 19.9 Å². The summed E-state index contributed by atoms with van der Waals surface area (Å²) in [5.41, 5.74) is 6.43. The first-order valence-corrected chi connectivity index (χ1v) is 5.49. The summed E-state index contributed by atoms with van der Waals surface area (Å²) in [6, 6.07) is 7.00. The van der Waals surface area contributed by atoms with Gasteiger partial charge < -0.3 is 5.73 Å². The summed E-state index contributed by atoms with van der Waals surface area (Å²) in [6.07, 6.45) is 0.658. The van der Waals surface area contributed by atoms with Crippen molar-refractivity contribution in [2.45, 2.75) is 25.0 Å². The van der Waals surface area contributed by atoms with Crippen molar-refractivity contribution in [1.82, 2.24) is 0 Å². The van der Waals surface area contributed by atoms with Gasteiger partial charge in [-0.15, -0.1) is 0 Å². The highest BCUT2D eigenvalue weighted by molar-refractivity contribution is 7.66. The molecule has 0 aliphatic heterocycles. The molecule has 4 heteroatoms. The Kier molecular flexibility index (Phi) is 3.52. The van der Waals surface area contributed by atoms with E-state index in [9.17, 15) is 9.00 Å². The summed E-state index contributed by atoms with van der Waals surface area (Å²) in [5.74, 6) is -0.487. The van der Waals surface area contributed by atoms with E-state index in [0.29, 0.717) is 23.7 Å². The van der Waals surface area contributed by atoms with E-state index in [2.05, 4.69) is 0 Å². The third kappa shape index (κ3) is 2.21. The van der Waals surface area contributed by atoms with Crippen LogP contribution in [0.25, 0.3) is 0 Å². The smallest absolute Gasteiger partial charge is 0.366 e. The molecule has 0 aliphatic carbocycles. The summed E-state index contributed by atoms with van der Waals surface area (Å²) >= 11 is 0.499. The lowest BCUT2D eigenvalue weighted by Crippen LogP contribution is -2.25. The van der Waals surface area contributed by atoms with Crippen LogP contribution >= 0.6 is 0 Å². The Labute approximate surface area is 93.2 Å². The highest BCUT2D eigenvalue weighted by Crippen LogP contribution is 2.29. The van der Waals surface area contributed by atoms with Gasteiger partial charge in [0.15, 0.2) is 0 Å². The molecule has 1 amide bonds. The average molecular weight is 224 g/mol. The van der Waals surface area contributed by atoms with Gasteiger partial charge in [0.2, 0.25) is 5.91 Å². The predicted molar refractivity (Wildman–Crippen MR) is 60.7 cm³/mol. The van der Waals surface area contributed by atoms with E-state index in [4.69, 9.17) is 5.73 Å². The summed E-state index contributed by atoms with van der Waals surface area (Å²) in [4.78, 5) is 11.2. The predicted octanol–water partition coefficient (Wildman–Crippen LogP) is 1.84. The molecule has 1 atom stereocenters. The molecule has 0 radical (unpaired) electrons. The quantitative estimate of drug-likeness (QED) is 0.793. The third-order valence-electron chi connectivity index (χ3n) is 2.62. The van der Waals surface area contributed by atoms with Crippen molar-refractivity contribution in [2.75, 3.05) is 0 Å². The molecule has 0 aliphatic rings. The zero-order chi connectivity index (χ0) is 11.5. The lowest BCUT2D eigenvalue weighted by Gasteiger charge is -2.12. The number of nitrogens with two attached hydrogens (primary N) is 1. The number of hydrogen-bond acceptors (Lipinski definition) is 2. The number of hydrogen-bond donors (Lipinski definition) is 1. The molecule has 0 saturated carbocycles. The van der Waals surface area contributed by atoms with E-state index < -0.39 is 10.7 Å². The van der Waals surface area contributed by atoms with E-state index in [1.165, 1.54) is 0 Å². The first-order valence-electron chi connectivity index (χ1n) is 4.75. The first-order chi connectivity index (χ1) is 7.05. The van der Waals surface area contributed by atoms with Crippen molar-refractivity contribution in [2.24, 2.45) is 5.73 Å². The number of carbonyl (C=O) groups is 1. The van der Waals surface area contributed by atoms with Gasteiger partial charge in [0.05, 0.1) is 0 Å². The maximum absolute atomic E-state index is 11.2. The number of carbonyl (C=O) groups excluding carboxylic acids is 1. The zero-order valence-corrected chi connectivity index (χ0v) is 9.64. The number of amides is 1. The molecule has 1 aromatic carbocycles. The summed E-state index contributed by atoms with van der Waals surface area (Å²) < 4.78 is 10.5. The minimum atomic E-state index is -0.592. The lowest BCUT2D eigenvalue weighted by molar-refractivity contribution is 0.0998. The van der Waals surface area contributed by atoms with Crippen molar-refractivity contribution in [1.29, 1.82) is 0 Å². The summed E-state index contributed by atoms with van der Waals surface area (Å²) in [6.45, 7) is 3.75. The second-order valence-corrected chi connectivity index (χ2v) is 4.65. The van der Waals surface area contributed by atoms with Crippen molar-refractivity contribution < 1.29 is 9.00 Å². The minimum absolute atomic E-state index is 0.435. The van der Waals surface area contributed by atoms with Gasteiger partial charge in [-0.2, -0.15) is 0 Å². The summed E-state index contributed by atoms with van der Waals surface area (Å²) in [5, 5.41) is 0. The van der Waals surface area contributed by atoms with E-state index >= 15 is 0 Å². The Balaban J connectivity index is 3.35. The molecule has 1 aromatic rings. The van der Waals surface area contributed by atoms with Crippen molar-refractivity contribution in [3.63, 3.8) is 0 Å². The van der Waals surface area contributed by atoms with E-state index in [1.54, 1.807) is 18.2 Å². The molecule has 2 N–H and O–H groups in total. The van der Waals surface area contributed by atoms with Gasteiger partial charge in [0.1, 0.15) is 0 Å². The fourth-order valence-corrected chi connectivity index (χ4v) is 1.84. The first kappa shape index (κ1) is 11.8. The molecule has 1 rings (SSSR count). The second kappa shape index (κ2) is 4.49. The third-order valence-corrected chi connectivity index (χ3v) is 3.50. The van der Waals surface area contributed by atoms with Gasteiger partial charge in [-0.3, -0.25) is 4.79 Å². The molecule has 0 aromatic heterocycles. The van der Waals surface area contributed by atoms with Crippen LogP contribution < -0.4 is 5.73 Å². The van der Waals surface area contributed by atoms with Crippen molar-refractivity contribution in [3.05, 3.63) is 35.4 Å². The van der Waals surface area contributed by atoms with Crippen LogP contribution in [0.2, 0.25) is 0 Å². The van der Waals surface area contributed by atoms with Gasteiger partial charge in [-0.05, 0) is 6.07 Å².